The number of aromatic nitrogens is 1. The van der Waals surface area contributed by atoms with Crippen LogP contribution in [0.5, 0.6) is 11.6 Å². The van der Waals surface area contributed by atoms with E-state index < -0.39 is 0 Å². The van der Waals surface area contributed by atoms with Crippen LogP contribution < -0.4 is 9.47 Å². The Hall–Kier alpha value is -2.31. The van der Waals surface area contributed by atoms with Crippen molar-refractivity contribution in [1.82, 2.24) is 14.8 Å². The second-order valence-electron chi connectivity index (χ2n) is 6.34. The smallest absolute Gasteiger partial charge is 0.255 e. The monoisotopic (exact) mass is 389 g/mol. The summed E-state index contributed by atoms with van der Waals surface area (Å²) in [5, 5.41) is 0.697. The van der Waals surface area contributed by atoms with Crippen LogP contribution in [0.3, 0.4) is 0 Å². The highest BCUT2D eigenvalue weighted by Crippen LogP contribution is 2.24. The molecule has 1 aromatic heterocycles. The van der Waals surface area contributed by atoms with Gasteiger partial charge in [-0.1, -0.05) is 11.6 Å². The maximum atomic E-state index is 12.7. The normalized spacial score (nSPS) is 14.9. The van der Waals surface area contributed by atoms with Crippen LogP contribution in [0.4, 0.5) is 0 Å². The molecule has 2 heterocycles. The summed E-state index contributed by atoms with van der Waals surface area (Å²) in [7, 11) is 1.66. The van der Waals surface area contributed by atoms with Gasteiger partial charge in [0.2, 0.25) is 5.88 Å². The summed E-state index contributed by atoms with van der Waals surface area (Å²) in [6.07, 6.45) is 1.58. The standard InChI is InChI=1S/C20H24ClN3O3/c1-3-27-19-7-4-15(13-22-19)20(25)24-10-8-23(9-11-24)14-16-12-17(21)5-6-18(16)26-2/h4-7,12-13H,3,8-11,14H2,1-2H3. The second kappa shape index (κ2) is 9.06. The first-order valence-electron chi connectivity index (χ1n) is 9.03. The summed E-state index contributed by atoms with van der Waals surface area (Å²) in [5.41, 5.74) is 1.64. The number of halogens is 1. The van der Waals surface area contributed by atoms with Crippen molar-refractivity contribution in [1.29, 1.82) is 0 Å². The summed E-state index contributed by atoms with van der Waals surface area (Å²) in [4.78, 5) is 21.0. The minimum absolute atomic E-state index is 0.00512. The molecule has 1 fully saturated rings. The Kier molecular flexibility index (Phi) is 6.53. The predicted octanol–water partition coefficient (Wildman–Crippen LogP) is 3.10. The van der Waals surface area contributed by atoms with Crippen molar-refractivity contribution in [3.8, 4) is 11.6 Å². The van der Waals surface area contributed by atoms with E-state index in [1.165, 1.54) is 0 Å². The number of carbonyl (C=O) groups excluding carboxylic acids is 1. The molecule has 1 amide bonds. The molecule has 0 aliphatic carbocycles. The van der Waals surface area contributed by atoms with E-state index in [9.17, 15) is 4.79 Å². The third-order valence-corrected chi connectivity index (χ3v) is 4.81. The lowest BCUT2D eigenvalue weighted by atomic mass is 10.1. The summed E-state index contributed by atoms with van der Waals surface area (Å²) in [6.45, 7) is 6.15. The van der Waals surface area contributed by atoms with Crippen LogP contribution >= 0.6 is 11.6 Å². The van der Waals surface area contributed by atoms with Crippen molar-refractivity contribution in [2.24, 2.45) is 0 Å². The Labute approximate surface area is 164 Å². The lowest BCUT2D eigenvalue weighted by Crippen LogP contribution is -2.48. The molecule has 1 aliphatic rings. The van der Waals surface area contributed by atoms with Crippen molar-refractivity contribution in [2.45, 2.75) is 13.5 Å². The van der Waals surface area contributed by atoms with Gasteiger partial charge in [0.1, 0.15) is 5.75 Å². The van der Waals surface area contributed by atoms with Crippen molar-refractivity contribution >= 4 is 17.5 Å². The first-order chi connectivity index (χ1) is 13.1. The van der Waals surface area contributed by atoms with E-state index in [0.717, 1.165) is 30.9 Å². The zero-order chi connectivity index (χ0) is 19.2. The first-order valence-corrected chi connectivity index (χ1v) is 9.41. The van der Waals surface area contributed by atoms with E-state index in [1.807, 2.05) is 30.0 Å². The zero-order valence-corrected chi connectivity index (χ0v) is 16.4. The van der Waals surface area contributed by atoms with Gasteiger partial charge in [-0.25, -0.2) is 4.98 Å². The Morgan fingerprint density at radius 3 is 2.59 bits per heavy atom. The van der Waals surface area contributed by atoms with E-state index in [1.54, 1.807) is 25.4 Å². The van der Waals surface area contributed by atoms with Crippen LogP contribution in [0.2, 0.25) is 5.02 Å². The molecule has 0 radical (unpaired) electrons. The molecular formula is C20H24ClN3O3. The van der Waals surface area contributed by atoms with Gasteiger partial charge in [-0.2, -0.15) is 0 Å². The molecule has 3 rings (SSSR count). The Morgan fingerprint density at radius 1 is 1.19 bits per heavy atom. The average molecular weight is 390 g/mol. The van der Waals surface area contributed by atoms with E-state index in [4.69, 9.17) is 21.1 Å². The number of pyridine rings is 1. The van der Waals surface area contributed by atoms with E-state index in [-0.39, 0.29) is 5.91 Å². The van der Waals surface area contributed by atoms with Gasteiger partial charge in [0.25, 0.3) is 5.91 Å². The van der Waals surface area contributed by atoms with Crippen LogP contribution in [0.25, 0.3) is 0 Å². The Morgan fingerprint density at radius 2 is 1.96 bits per heavy atom. The van der Waals surface area contributed by atoms with Crippen LogP contribution in [0, 0.1) is 0 Å². The van der Waals surface area contributed by atoms with Gasteiger partial charge in [-0.3, -0.25) is 9.69 Å². The molecule has 7 heteroatoms. The van der Waals surface area contributed by atoms with Gasteiger partial charge >= 0.3 is 0 Å². The van der Waals surface area contributed by atoms with E-state index in [2.05, 4.69) is 9.88 Å². The fourth-order valence-electron chi connectivity index (χ4n) is 3.14. The van der Waals surface area contributed by atoms with Crippen LogP contribution in [-0.4, -0.2) is 60.6 Å². The van der Waals surface area contributed by atoms with Gasteiger partial charge in [-0.05, 0) is 31.2 Å². The van der Waals surface area contributed by atoms with E-state index in [0.29, 0.717) is 36.2 Å². The number of benzene rings is 1. The lowest BCUT2D eigenvalue weighted by Gasteiger charge is -2.35. The second-order valence-corrected chi connectivity index (χ2v) is 6.78. The molecular weight excluding hydrogens is 366 g/mol. The molecule has 0 N–H and O–H groups in total. The molecule has 0 unspecified atom stereocenters. The van der Waals surface area contributed by atoms with Crippen molar-refractivity contribution < 1.29 is 14.3 Å². The van der Waals surface area contributed by atoms with Gasteiger partial charge in [0.15, 0.2) is 0 Å². The van der Waals surface area contributed by atoms with Crippen LogP contribution in [0.15, 0.2) is 36.5 Å². The zero-order valence-electron chi connectivity index (χ0n) is 15.7. The average Bonchev–Trinajstić information content (AvgIpc) is 2.69. The predicted molar refractivity (Wildman–Crippen MR) is 105 cm³/mol. The van der Waals surface area contributed by atoms with E-state index >= 15 is 0 Å². The topological polar surface area (TPSA) is 54.9 Å². The van der Waals surface area contributed by atoms with Gasteiger partial charge in [-0.15, -0.1) is 0 Å². The molecule has 0 spiro atoms. The summed E-state index contributed by atoms with van der Waals surface area (Å²) >= 11 is 6.11. The maximum Gasteiger partial charge on any atom is 0.255 e. The van der Waals surface area contributed by atoms with Crippen molar-refractivity contribution in [3.63, 3.8) is 0 Å². The van der Waals surface area contributed by atoms with Gasteiger partial charge in [0.05, 0.1) is 19.3 Å². The van der Waals surface area contributed by atoms with Crippen LogP contribution in [-0.2, 0) is 6.54 Å². The molecule has 2 aromatic rings. The molecule has 0 saturated carbocycles. The minimum atomic E-state index is 0.00512. The van der Waals surface area contributed by atoms with Crippen molar-refractivity contribution in [3.05, 3.63) is 52.7 Å². The molecule has 1 aliphatic heterocycles. The van der Waals surface area contributed by atoms with Gasteiger partial charge in [0, 0.05) is 55.6 Å². The molecule has 6 nitrogen and oxygen atoms in total. The number of amides is 1. The molecule has 0 atom stereocenters. The lowest BCUT2D eigenvalue weighted by molar-refractivity contribution is 0.0627. The SMILES string of the molecule is CCOc1ccc(C(=O)N2CCN(Cc3cc(Cl)ccc3OC)CC2)cn1. The summed E-state index contributed by atoms with van der Waals surface area (Å²) < 4.78 is 10.7. The third-order valence-electron chi connectivity index (χ3n) is 4.57. The Bertz CT molecular complexity index is 775. The summed E-state index contributed by atoms with van der Waals surface area (Å²) in [6, 6.07) is 9.15. The molecule has 0 bridgehead atoms. The van der Waals surface area contributed by atoms with Gasteiger partial charge < -0.3 is 14.4 Å². The highest BCUT2D eigenvalue weighted by Gasteiger charge is 2.23. The quantitative estimate of drug-likeness (QED) is 0.759. The number of rotatable bonds is 6. The number of hydrogen-bond acceptors (Lipinski definition) is 5. The molecule has 27 heavy (non-hydrogen) atoms. The number of methoxy groups -OCH3 is 1. The first kappa shape index (κ1) is 19.5. The fraction of sp³-hybridized carbons (Fsp3) is 0.400. The summed E-state index contributed by atoms with van der Waals surface area (Å²) in [5.74, 6) is 1.37. The van der Waals surface area contributed by atoms with Crippen molar-refractivity contribution in [2.75, 3.05) is 39.9 Å². The highest BCUT2D eigenvalue weighted by atomic mass is 35.5. The molecule has 1 saturated heterocycles. The number of ether oxygens (including phenoxy) is 2. The fourth-order valence-corrected chi connectivity index (χ4v) is 3.34. The molecule has 1 aromatic carbocycles. The minimum Gasteiger partial charge on any atom is -0.496 e. The molecule has 144 valence electrons. The third kappa shape index (κ3) is 4.90. The highest BCUT2D eigenvalue weighted by molar-refractivity contribution is 6.30. The Balaban J connectivity index is 1.57. The number of hydrogen-bond donors (Lipinski definition) is 0. The number of nitrogens with zero attached hydrogens (tertiary/aromatic N) is 3. The maximum absolute atomic E-state index is 12.7. The largest absolute Gasteiger partial charge is 0.496 e. The number of carbonyl (C=O) groups is 1. The number of piperazine rings is 1. The van der Waals surface area contributed by atoms with Crippen LogP contribution in [0.1, 0.15) is 22.8 Å².